The van der Waals surface area contributed by atoms with Crippen molar-refractivity contribution < 1.29 is 28.6 Å². The third kappa shape index (κ3) is 67.0. The molecule has 0 aliphatic carbocycles. The van der Waals surface area contributed by atoms with Crippen LogP contribution in [0.1, 0.15) is 342 Å². The van der Waals surface area contributed by atoms with Gasteiger partial charge in [-0.1, -0.05) is 304 Å². The van der Waals surface area contributed by atoms with E-state index in [-0.39, 0.29) is 31.1 Å². The number of ether oxygens (including phenoxy) is 3. The van der Waals surface area contributed by atoms with Crippen molar-refractivity contribution in [3.63, 3.8) is 0 Å². The molecule has 0 amide bonds. The van der Waals surface area contributed by atoms with Gasteiger partial charge in [-0.25, -0.2) is 0 Å². The smallest absolute Gasteiger partial charge is 0.306 e. The second-order valence-corrected chi connectivity index (χ2v) is 23.0. The minimum absolute atomic E-state index is 0.0805. The first-order valence-electron chi connectivity index (χ1n) is 34.7. The lowest BCUT2D eigenvalue weighted by molar-refractivity contribution is -0.167. The average molecular weight is 1130 g/mol. The van der Waals surface area contributed by atoms with Gasteiger partial charge in [0.2, 0.25) is 0 Å². The van der Waals surface area contributed by atoms with Gasteiger partial charge in [0.05, 0.1) is 0 Å². The van der Waals surface area contributed by atoms with E-state index in [4.69, 9.17) is 14.2 Å². The lowest BCUT2D eigenvalue weighted by atomic mass is 10.0. The molecular formula is C75H130O6. The van der Waals surface area contributed by atoms with Crippen LogP contribution in [0.5, 0.6) is 0 Å². The summed E-state index contributed by atoms with van der Waals surface area (Å²) >= 11 is 0. The van der Waals surface area contributed by atoms with Crippen molar-refractivity contribution in [2.75, 3.05) is 13.2 Å². The van der Waals surface area contributed by atoms with E-state index in [2.05, 4.69) is 118 Å². The molecule has 81 heavy (non-hydrogen) atoms. The topological polar surface area (TPSA) is 78.9 Å². The van der Waals surface area contributed by atoms with E-state index >= 15 is 0 Å². The Bertz CT molecular complexity index is 1580. The number of hydrogen-bond donors (Lipinski definition) is 0. The van der Waals surface area contributed by atoms with Crippen molar-refractivity contribution in [3.8, 4) is 0 Å². The second-order valence-electron chi connectivity index (χ2n) is 23.0. The number of rotatable bonds is 63. The summed E-state index contributed by atoms with van der Waals surface area (Å²) in [5.41, 5.74) is 0. The van der Waals surface area contributed by atoms with E-state index in [0.717, 1.165) is 116 Å². The molecule has 0 radical (unpaired) electrons. The van der Waals surface area contributed by atoms with E-state index in [0.29, 0.717) is 19.3 Å². The van der Waals surface area contributed by atoms with Gasteiger partial charge in [0.25, 0.3) is 0 Å². The Morgan fingerprint density at radius 1 is 0.259 bits per heavy atom. The molecule has 1 atom stereocenters. The number of unbranched alkanes of at least 4 members (excludes halogenated alkanes) is 36. The van der Waals surface area contributed by atoms with Crippen LogP contribution in [-0.2, 0) is 28.6 Å². The van der Waals surface area contributed by atoms with Crippen LogP contribution in [0.2, 0.25) is 0 Å². The minimum Gasteiger partial charge on any atom is -0.462 e. The Hall–Kier alpha value is -3.67. The molecule has 0 aromatic rings. The molecule has 0 saturated carbocycles. The molecule has 0 aromatic heterocycles. The summed E-state index contributed by atoms with van der Waals surface area (Å²) in [6.45, 7) is 6.42. The van der Waals surface area contributed by atoms with Crippen molar-refractivity contribution in [1.29, 1.82) is 0 Å². The third-order valence-electron chi connectivity index (χ3n) is 15.1. The summed E-state index contributed by atoms with van der Waals surface area (Å²) < 4.78 is 16.9. The van der Waals surface area contributed by atoms with Crippen LogP contribution < -0.4 is 0 Å². The Labute approximate surface area is 502 Å². The molecule has 0 fully saturated rings. The molecule has 6 heteroatoms. The van der Waals surface area contributed by atoms with Gasteiger partial charge in [-0.15, -0.1) is 0 Å². The summed E-state index contributed by atoms with van der Waals surface area (Å²) in [5.74, 6) is -0.884. The van der Waals surface area contributed by atoms with Crippen LogP contribution in [0.4, 0.5) is 0 Å². The van der Waals surface area contributed by atoms with Crippen molar-refractivity contribution >= 4 is 17.9 Å². The Morgan fingerprint density at radius 2 is 0.481 bits per heavy atom. The summed E-state index contributed by atoms with van der Waals surface area (Å²) in [4.78, 5) is 38.3. The molecule has 6 nitrogen and oxygen atoms in total. The normalized spacial score (nSPS) is 12.7. The van der Waals surface area contributed by atoms with Gasteiger partial charge in [0.15, 0.2) is 6.10 Å². The van der Waals surface area contributed by atoms with Crippen molar-refractivity contribution in [1.82, 2.24) is 0 Å². The van der Waals surface area contributed by atoms with Gasteiger partial charge < -0.3 is 14.2 Å². The quantitative estimate of drug-likeness (QED) is 0.0261. The summed E-state index contributed by atoms with van der Waals surface area (Å²) in [6, 6.07) is 0. The molecule has 0 aliphatic heterocycles. The van der Waals surface area contributed by atoms with E-state index < -0.39 is 6.10 Å². The number of carbonyl (C=O) groups is 3. The maximum absolute atomic E-state index is 12.9. The Kier molecular flexibility index (Phi) is 65.7. The van der Waals surface area contributed by atoms with Crippen LogP contribution in [0.25, 0.3) is 0 Å². The lowest BCUT2D eigenvalue weighted by Gasteiger charge is -2.18. The molecular weight excluding hydrogens is 997 g/mol. The molecule has 0 saturated heterocycles. The van der Waals surface area contributed by atoms with Gasteiger partial charge in [-0.05, 0) is 116 Å². The van der Waals surface area contributed by atoms with Gasteiger partial charge in [-0.3, -0.25) is 14.4 Å². The predicted molar refractivity (Wildman–Crippen MR) is 353 cm³/mol. The van der Waals surface area contributed by atoms with Crippen LogP contribution in [0.3, 0.4) is 0 Å². The fraction of sp³-hybridized carbons (Fsp3) is 0.747. The number of allylic oxidation sites excluding steroid dienone is 16. The summed E-state index contributed by atoms with van der Waals surface area (Å²) in [6.07, 6.45) is 93.0. The van der Waals surface area contributed by atoms with Crippen LogP contribution in [0.15, 0.2) is 97.2 Å². The van der Waals surface area contributed by atoms with Gasteiger partial charge in [-0.2, -0.15) is 0 Å². The molecule has 466 valence electrons. The van der Waals surface area contributed by atoms with Gasteiger partial charge in [0, 0.05) is 19.3 Å². The van der Waals surface area contributed by atoms with E-state index in [1.807, 2.05) is 0 Å². The number of esters is 3. The molecule has 0 rings (SSSR count). The monoisotopic (exact) mass is 1130 g/mol. The highest BCUT2D eigenvalue weighted by Gasteiger charge is 2.19. The first kappa shape index (κ1) is 77.3. The largest absolute Gasteiger partial charge is 0.462 e. The molecule has 0 aromatic carbocycles. The zero-order chi connectivity index (χ0) is 58.5. The van der Waals surface area contributed by atoms with Gasteiger partial charge >= 0.3 is 17.9 Å². The molecule has 0 bridgehead atoms. The molecule has 0 heterocycles. The highest BCUT2D eigenvalue weighted by molar-refractivity contribution is 5.71. The molecule has 0 aliphatic rings. The van der Waals surface area contributed by atoms with E-state index in [1.165, 1.54) is 186 Å². The second kappa shape index (κ2) is 68.8. The predicted octanol–water partition coefficient (Wildman–Crippen LogP) is 24.0. The fourth-order valence-corrected chi connectivity index (χ4v) is 9.92. The highest BCUT2D eigenvalue weighted by atomic mass is 16.6. The van der Waals surface area contributed by atoms with E-state index in [1.54, 1.807) is 0 Å². The molecule has 1 unspecified atom stereocenters. The van der Waals surface area contributed by atoms with Crippen LogP contribution in [0, 0.1) is 0 Å². The number of carbonyl (C=O) groups excluding carboxylic acids is 3. The van der Waals surface area contributed by atoms with Crippen LogP contribution >= 0.6 is 0 Å². The van der Waals surface area contributed by atoms with Crippen molar-refractivity contribution in [2.24, 2.45) is 0 Å². The Morgan fingerprint density at radius 3 is 0.765 bits per heavy atom. The maximum atomic E-state index is 12.9. The maximum Gasteiger partial charge on any atom is 0.306 e. The average Bonchev–Trinajstić information content (AvgIpc) is 3.46. The third-order valence-corrected chi connectivity index (χ3v) is 15.1. The van der Waals surface area contributed by atoms with Crippen LogP contribution in [-0.4, -0.2) is 37.2 Å². The summed E-state index contributed by atoms with van der Waals surface area (Å²) in [7, 11) is 0. The zero-order valence-electron chi connectivity index (χ0n) is 53.5. The first-order valence-corrected chi connectivity index (χ1v) is 34.7. The minimum atomic E-state index is -0.785. The highest BCUT2D eigenvalue weighted by Crippen LogP contribution is 2.17. The number of hydrogen-bond acceptors (Lipinski definition) is 6. The zero-order valence-corrected chi connectivity index (χ0v) is 53.5. The van der Waals surface area contributed by atoms with Gasteiger partial charge in [0.1, 0.15) is 13.2 Å². The SMILES string of the molecule is CC/C=C\C/C=C\C/C=C\C/C=C\CCCCCCCCCCCCCCCCCCCCCCC(=O)OCC(COC(=O)CCCCCCC/C=C\CCCCCC)OC(=O)CCCCCCCCC/C=C\C/C=C\C/C=C\CC. The standard InChI is InChI=1S/C75H130O6/c1-4-7-10-13-16-19-22-25-27-29-30-31-32-33-34-35-36-37-38-39-40-41-42-43-44-46-47-50-53-56-59-62-65-68-74(77)80-71-72(70-79-73(76)67-64-61-58-55-52-49-24-21-18-15-12-9-6-3)81-75(78)69-66-63-60-57-54-51-48-45-28-26-23-20-17-14-11-8-5-2/h7-8,10-11,16-17,19-21,24-28,30-31,72H,4-6,9,12-15,18,22-23,29,32-71H2,1-3H3/b10-7-,11-8-,19-16-,20-17-,24-21-,27-25-,28-26-,31-30-. The summed E-state index contributed by atoms with van der Waals surface area (Å²) in [5, 5.41) is 0. The lowest BCUT2D eigenvalue weighted by Crippen LogP contribution is -2.30. The van der Waals surface area contributed by atoms with Crippen molar-refractivity contribution in [2.45, 2.75) is 348 Å². The Balaban J connectivity index is 4.16. The van der Waals surface area contributed by atoms with Crippen molar-refractivity contribution in [3.05, 3.63) is 97.2 Å². The first-order chi connectivity index (χ1) is 40.0. The fourth-order valence-electron chi connectivity index (χ4n) is 9.92. The molecule has 0 spiro atoms. The van der Waals surface area contributed by atoms with E-state index in [9.17, 15) is 14.4 Å². The molecule has 0 N–H and O–H groups in total.